The zero-order chi connectivity index (χ0) is 23.2. The summed E-state index contributed by atoms with van der Waals surface area (Å²) in [5, 5.41) is 7.51. The second kappa shape index (κ2) is 10.2. The Hall–Kier alpha value is -3.75. The molecule has 1 fully saturated rings. The average molecular weight is 449 g/mol. The lowest BCUT2D eigenvalue weighted by Gasteiger charge is -2.32. The molecule has 172 valence electrons. The Labute approximate surface area is 192 Å². The minimum Gasteiger partial charge on any atom is -0.348 e. The summed E-state index contributed by atoms with van der Waals surface area (Å²) in [5.74, 6) is 0.129. The molecule has 2 amide bonds. The molecule has 0 atom stereocenters. The highest BCUT2D eigenvalue weighted by Crippen LogP contribution is 2.23. The highest BCUT2D eigenvalue weighted by atomic mass is 16.2. The maximum absolute atomic E-state index is 12.8. The molecule has 1 aliphatic rings. The third-order valence-electron chi connectivity index (χ3n) is 5.98. The number of rotatable bonds is 7. The predicted molar refractivity (Wildman–Crippen MR) is 122 cm³/mol. The van der Waals surface area contributed by atoms with Gasteiger partial charge in [-0.15, -0.1) is 0 Å². The van der Waals surface area contributed by atoms with E-state index in [1.54, 1.807) is 28.0 Å². The first kappa shape index (κ1) is 22.4. The van der Waals surface area contributed by atoms with Crippen molar-refractivity contribution in [1.29, 1.82) is 0 Å². The predicted octanol–water partition coefficient (Wildman–Crippen LogP) is 1.39. The van der Waals surface area contributed by atoms with Gasteiger partial charge in [0.25, 0.3) is 5.91 Å². The van der Waals surface area contributed by atoms with Crippen molar-refractivity contribution in [2.24, 2.45) is 13.0 Å². The fourth-order valence-electron chi connectivity index (χ4n) is 4.16. The molecule has 0 radical (unpaired) electrons. The molecule has 0 spiro atoms. The van der Waals surface area contributed by atoms with Gasteiger partial charge in [-0.05, 0) is 36.8 Å². The molecule has 0 bridgehead atoms. The highest BCUT2D eigenvalue weighted by Gasteiger charge is 2.26. The minimum absolute atomic E-state index is 0.00329. The first-order valence-corrected chi connectivity index (χ1v) is 11.1. The number of carbonyl (C=O) groups excluding carboxylic acids is 2. The van der Waals surface area contributed by atoms with Crippen molar-refractivity contribution in [3.05, 3.63) is 82.3 Å². The molecule has 0 saturated carbocycles. The van der Waals surface area contributed by atoms with Crippen molar-refractivity contribution in [3.8, 4) is 0 Å². The molecule has 1 aromatic carbocycles. The number of benzene rings is 1. The molecule has 3 aromatic rings. The third kappa shape index (κ3) is 5.74. The SMILES string of the molecule is Cn1cc(C(=O)NCc2ccccc2)c(CC2CCN(C(=O)Cn3cccnc3=O)CC2)n1. The molecule has 9 heteroatoms. The monoisotopic (exact) mass is 448 g/mol. The van der Waals surface area contributed by atoms with Crippen LogP contribution in [0.1, 0.15) is 34.5 Å². The van der Waals surface area contributed by atoms with Crippen LogP contribution in [0.15, 0.2) is 59.8 Å². The smallest absolute Gasteiger partial charge is 0.347 e. The largest absolute Gasteiger partial charge is 0.348 e. The zero-order valence-electron chi connectivity index (χ0n) is 18.7. The molecule has 4 rings (SSSR count). The Bertz CT molecular complexity index is 1160. The molecule has 3 heterocycles. The fourth-order valence-corrected chi connectivity index (χ4v) is 4.16. The van der Waals surface area contributed by atoms with Crippen LogP contribution in [-0.2, 0) is 31.4 Å². The number of nitrogens with zero attached hydrogens (tertiary/aromatic N) is 5. The van der Waals surface area contributed by atoms with Gasteiger partial charge in [-0.25, -0.2) is 9.78 Å². The van der Waals surface area contributed by atoms with Crippen molar-refractivity contribution in [3.63, 3.8) is 0 Å². The Kier molecular flexibility index (Phi) is 6.97. The van der Waals surface area contributed by atoms with E-state index in [1.807, 2.05) is 37.4 Å². The molecule has 1 N–H and O–H groups in total. The summed E-state index contributed by atoms with van der Waals surface area (Å²) < 4.78 is 3.00. The summed E-state index contributed by atoms with van der Waals surface area (Å²) in [6, 6.07) is 11.4. The number of hydrogen-bond acceptors (Lipinski definition) is 5. The van der Waals surface area contributed by atoms with Gasteiger partial charge in [0.15, 0.2) is 0 Å². The van der Waals surface area contributed by atoms with E-state index in [9.17, 15) is 14.4 Å². The number of aryl methyl sites for hydroxylation is 1. The van der Waals surface area contributed by atoms with Crippen LogP contribution in [0.2, 0.25) is 0 Å². The summed E-state index contributed by atoms with van der Waals surface area (Å²) in [6.45, 7) is 1.72. The average Bonchev–Trinajstić information content (AvgIpc) is 3.20. The third-order valence-corrected chi connectivity index (χ3v) is 5.98. The van der Waals surface area contributed by atoms with E-state index >= 15 is 0 Å². The maximum atomic E-state index is 12.8. The van der Waals surface area contributed by atoms with Gasteiger partial charge in [-0.1, -0.05) is 30.3 Å². The summed E-state index contributed by atoms with van der Waals surface area (Å²) in [4.78, 5) is 42.6. The van der Waals surface area contributed by atoms with E-state index in [0.29, 0.717) is 37.5 Å². The van der Waals surface area contributed by atoms with Gasteiger partial charge in [0.1, 0.15) is 6.54 Å². The van der Waals surface area contributed by atoms with Gasteiger partial charge in [-0.3, -0.25) is 18.8 Å². The number of piperidine rings is 1. The van der Waals surface area contributed by atoms with Crippen molar-refractivity contribution in [2.45, 2.75) is 32.4 Å². The zero-order valence-corrected chi connectivity index (χ0v) is 18.7. The lowest BCUT2D eigenvalue weighted by Crippen LogP contribution is -2.42. The lowest BCUT2D eigenvalue weighted by molar-refractivity contribution is -0.133. The Morgan fingerprint density at radius 1 is 1.12 bits per heavy atom. The van der Waals surface area contributed by atoms with E-state index in [1.165, 1.54) is 10.8 Å². The number of aromatic nitrogens is 4. The van der Waals surface area contributed by atoms with Crippen LogP contribution in [0.4, 0.5) is 0 Å². The van der Waals surface area contributed by atoms with Gasteiger partial charge >= 0.3 is 5.69 Å². The second-order valence-corrected chi connectivity index (χ2v) is 8.39. The van der Waals surface area contributed by atoms with E-state index in [-0.39, 0.29) is 18.4 Å². The summed E-state index contributed by atoms with van der Waals surface area (Å²) in [5.41, 5.74) is 2.01. The Morgan fingerprint density at radius 3 is 2.61 bits per heavy atom. The van der Waals surface area contributed by atoms with E-state index in [2.05, 4.69) is 15.4 Å². The van der Waals surface area contributed by atoms with Crippen LogP contribution in [0.3, 0.4) is 0 Å². The normalized spacial score (nSPS) is 14.3. The van der Waals surface area contributed by atoms with Gasteiger partial charge in [0.2, 0.25) is 5.91 Å². The molecule has 9 nitrogen and oxygen atoms in total. The minimum atomic E-state index is -0.422. The number of nitrogens with one attached hydrogen (secondary N) is 1. The molecule has 0 unspecified atom stereocenters. The quantitative estimate of drug-likeness (QED) is 0.589. The molecule has 1 aliphatic heterocycles. The van der Waals surface area contributed by atoms with Crippen molar-refractivity contribution in [2.75, 3.05) is 13.1 Å². The van der Waals surface area contributed by atoms with E-state index in [4.69, 9.17) is 0 Å². The van der Waals surface area contributed by atoms with Crippen molar-refractivity contribution in [1.82, 2.24) is 29.5 Å². The lowest BCUT2D eigenvalue weighted by atomic mass is 9.91. The summed E-state index contributed by atoms with van der Waals surface area (Å²) >= 11 is 0. The van der Waals surface area contributed by atoms with Gasteiger partial charge < -0.3 is 10.2 Å². The van der Waals surface area contributed by atoms with E-state index < -0.39 is 5.69 Å². The first-order valence-electron chi connectivity index (χ1n) is 11.1. The van der Waals surface area contributed by atoms with Gasteiger partial charge in [-0.2, -0.15) is 5.10 Å². The van der Waals surface area contributed by atoms with Crippen LogP contribution >= 0.6 is 0 Å². The molecular weight excluding hydrogens is 420 g/mol. The van der Waals surface area contributed by atoms with Gasteiger partial charge in [0.05, 0.1) is 11.3 Å². The fraction of sp³-hybridized carbons (Fsp3) is 0.375. The number of amides is 2. The van der Waals surface area contributed by atoms with Crippen molar-refractivity contribution >= 4 is 11.8 Å². The Morgan fingerprint density at radius 2 is 1.88 bits per heavy atom. The first-order chi connectivity index (χ1) is 16.0. The molecular formula is C24H28N6O3. The molecule has 2 aromatic heterocycles. The van der Waals surface area contributed by atoms with Crippen LogP contribution in [-0.4, -0.2) is 49.1 Å². The van der Waals surface area contributed by atoms with Crippen LogP contribution in [0, 0.1) is 5.92 Å². The molecule has 33 heavy (non-hydrogen) atoms. The maximum Gasteiger partial charge on any atom is 0.347 e. The summed E-state index contributed by atoms with van der Waals surface area (Å²) in [7, 11) is 1.82. The molecule has 0 aliphatic carbocycles. The number of carbonyl (C=O) groups is 2. The number of likely N-dealkylation sites (tertiary alicyclic amines) is 1. The van der Waals surface area contributed by atoms with Gasteiger partial charge in [0, 0.05) is 45.3 Å². The van der Waals surface area contributed by atoms with Crippen LogP contribution < -0.4 is 11.0 Å². The van der Waals surface area contributed by atoms with Crippen molar-refractivity contribution < 1.29 is 9.59 Å². The van der Waals surface area contributed by atoms with Crippen LogP contribution in [0.25, 0.3) is 0 Å². The number of hydrogen-bond donors (Lipinski definition) is 1. The Balaban J connectivity index is 1.31. The van der Waals surface area contributed by atoms with Crippen LogP contribution in [0.5, 0.6) is 0 Å². The standard InChI is InChI=1S/C24H28N6O3/c1-28-16-20(23(32)26-15-19-6-3-2-4-7-19)21(27-28)14-18-8-12-29(13-9-18)22(31)17-30-11-5-10-25-24(30)33/h2-7,10-11,16,18H,8-9,12-15,17H2,1H3,(H,26,32). The highest BCUT2D eigenvalue weighted by molar-refractivity contribution is 5.95. The second-order valence-electron chi connectivity index (χ2n) is 8.39. The summed E-state index contributed by atoms with van der Waals surface area (Å²) in [6.07, 6.45) is 7.11. The molecule has 1 saturated heterocycles. The topological polar surface area (TPSA) is 102 Å². The van der Waals surface area contributed by atoms with E-state index in [0.717, 1.165) is 24.1 Å².